The van der Waals surface area contributed by atoms with Gasteiger partial charge in [-0.1, -0.05) is 30.3 Å². The monoisotopic (exact) mass is 615 g/mol. The Kier molecular flexibility index (Phi) is 10.6. The fourth-order valence-corrected chi connectivity index (χ4v) is 5.71. The molecule has 0 unspecified atom stereocenters. The highest BCUT2D eigenvalue weighted by atomic mass is 19.3. The minimum Gasteiger partial charge on any atom is -0.494 e. The zero-order valence-electron chi connectivity index (χ0n) is 25.7. The Bertz CT molecular complexity index is 1330. The van der Waals surface area contributed by atoms with Gasteiger partial charge in [-0.15, -0.1) is 0 Å². The number of hydrogen-bond donors (Lipinski definition) is 4. The van der Waals surface area contributed by atoms with Gasteiger partial charge in [-0.3, -0.25) is 4.79 Å². The average molecular weight is 616 g/mol. The van der Waals surface area contributed by atoms with Crippen molar-refractivity contribution in [3.05, 3.63) is 64.7 Å². The minimum atomic E-state index is -3.03. The Morgan fingerprint density at radius 2 is 1.86 bits per heavy atom. The molecule has 6 atom stereocenters. The first-order valence-electron chi connectivity index (χ1n) is 15.0. The molecule has 0 saturated carbocycles. The van der Waals surface area contributed by atoms with E-state index >= 15 is 0 Å². The number of nitrogens with zero attached hydrogens (tertiary/aromatic N) is 2. The number of aryl methyl sites for hydroxylation is 1. The lowest BCUT2D eigenvalue weighted by atomic mass is 9.89. The van der Waals surface area contributed by atoms with E-state index in [1.165, 1.54) is 0 Å². The molecule has 44 heavy (non-hydrogen) atoms. The van der Waals surface area contributed by atoms with Gasteiger partial charge in [-0.05, 0) is 81.3 Å². The van der Waals surface area contributed by atoms with E-state index in [-0.39, 0.29) is 6.54 Å². The third-order valence-electron chi connectivity index (χ3n) is 8.54. The van der Waals surface area contributed by atoms with E-state index in [9.17, 15) is 28.9 Å². The van der Waals surface area contributed by atoms with Crippen LogP contribution in [0.4, 0.5) is 8.78 Å². The molecular weight excluding hydrogens is 572 g/mol. The highest BCUT2D eigenvalue weighted by molar-refractivity contribution is 5.79. The summed E-state index contributed by atoms with van der Waals surface area (Å²) in [6.07, 6.45) is -3.63. The van der Waals surface area contributed by atoms with Crippen molar-refractivity contribution in [3.63, 3.8) is 0 Å². The fraction of sp³-hybridized carbons (Fsp3) is 0.576. The summed E-state index contributed by atoms with van der Waals surface area (Å²) in [5.74, 6) is -2.82. The predicted molar refractivity (Wildman–Crippen MR) is 159 cm³/mol. The van der Waals surface area contributed by atoms with Gasteiger partial charge < -0.3 is 35.0 Å². The molecule has 1 amide bonds. The zero-order valence-corrected chi connectivity index (χ0v) is 25.7. The van der Waals surface area contributed by atoms with E-state index in [2.05, 4.69) is 5.32 Å². The van der Waals surface area contributed by atoms with Gasteiger partial charge in [0.1, 0.15) is 36.2 Å². The van der Waals surface area contributed by atoms with Crippen LogP contribution in [0.15, 0.2) is 42.5 Å². The third-order valence-corrected chi connectivity index (χ3v) is 8.54. The summed E-state index contributed by atoms with van der Waals surface area (Å²) in [6.45, 7) is 7.15. The molecule has 0 aliphatic carbocycles. The molecule has 0 bridgehead atoms. The van der Waals surface area contributed by atoms with Crippen molar-refractivity contribution < 1.29 is 38.4 Å². The number of hydrogen-bond acceptors (Lipinski definition) is 8. The van der Waals surface area contributed by atoms with Crippen molar-refractivity contribution in [1.29, 1.82) is 5.26 Å². The SMILES string of the molecule is Cc1ccc([C@@H]2O[C@H](C)[C@@H](O)[C@H](O)[C@H]2O)cc1Cc1ccc(OCCCC(C)(C)NCC(=O)N2CC(F)(F)C[C@H]2C#N)cc1. The first-order chi connectivity index (χ1) is 20.7. The van der Waals surface area contributed by atoms with Crippen molar-refractivity contribution in [3.8, 4) is 11.8 Å². The highest BCUT2D eigenvalue weighted by Crippen LogP contribution is 2.34. The van der Waals surface area contributed by atoms with Crippen LogP contribution in [-0.2, 0) is 16.0 Å². The molecule has 0 radical (unpaired) electrons. The van der Waals surface area contributed by atoms with Crippen molar-refractivity contribution in [2.45, 2.75) is 101 Å². The Labute approximate surface area is 257 Å². The van der Waals surface area contributed by atoms with Gasteiger partial charge in [0.25, 0.3) is 5.92 Å². The maximum atomic E-state index is 13.7. The number of benzene rings is 2. The lowest BCUT2D eigenvalue weighted by Crippen LogP contribution is -2.53. The summed E-state index contributed by atoms with van der Waals surface area (Å²) in [6, 6.07) is 14.3. The Morgan fingerprint density at radius 1 is 1.16 bits per heavy atom. The summed E-state index contributed by atoms with van der Waals surface area (Å²) in [7, 11) is 0. The zero-order chi connectivity index (χ0) is 32.2. The Morgan fingerprint density at radius 3 is 2.55 bits per heavy atom. The van der Waals surface area contributed by atoms with Crippen LogP contribution in [0.25, 0.3) is 0 Å². The molecule has 2 aromatic rings. The van der Waals surface area contributed by atoms with E-state index in [1.54, 1.807) is 13.0 Å². The number of halogens is 2. The molecule has 240 valence electrons. The summed E-state index contributed by atoms with van der Waals surface area (Å²) >= 11 is 0. The lowest BCUT2D eigenvalue weighted by molar-refractivity contribution is -0.219. The Balaban J connectivity index is 1.24. The molecule has 4 N–H and O–H groups in total. The van der Waals surface area contributed by atoms with Gasteiger partial charge in [0.05, 0.1) is 31.9 Å². The van der Waals surface area contributed by atoms with Crippen LogP contribution in [0.2, 0.25) is 0 Å². The van der Waals surface area contributed by atoms with E-state index in [0.717, 1.165) is 32.9 Å². The smallest absolute Gasteiger partial charge is 0.268 e. The second kappa shape index (κ2) is 13.9. The van der Waals surface area contributed by atoms with E-state index < -0.39 is 66.9 Å². The number of nitrogens with one attached hydrogen (secondary N) is 1. The number of rotatable bonds is 11. The lowest BCUT2D eigenvalue weighted by Gasteiger charge is -2.39. The molecule has 0 aromatic heterocycles. The summed E-state index contributed by atoms with van der Waals surface area (Å²) < 4.78 is 39.1. The van der Waals surface area contributed by atoms with E-state index in [4.69, 9.17) is 14.7 Å². The van der Waals surface area contributed by atoms with E-state index in [0.29, 0.717) is 25.9 Å². The Hall–Kier alpha value is -3.14. The van der Waals surface area contributed by atoms with Crippen molar-refractivity contribution in [2.24, 2.45) is 0 Å². The van der Waals surface area contributed by atoms with Gasteiger partial charge >= 0.3 is 0 Å². The molecule has 2 aliphatic rings. The van der Waals surface area contributed by atoms with Gasteiger partial charge in [0.2, 0.25) is 5.91 Å². The molecule has 2 fully saturated rings. The standard InChI is InChI=1S/C33H43F2N3O6/c1-20-6-9-23(31-30(42)29(41)28(40)21(2)44-31)15-24(20)14-22-7-10-26(11-8-22)43-13-5-12-32(3,4)37-18-27(39)38-19-33(34,35)16-25(38)17-36/h6-11,15,21,25,28-31,37,40-42H,5,12-14,16,18-19H2,1-4H3/t21-,25+,28-,29+,30-,31+/m1/s1. The van der Waals surface area contributed by atoms with E-state index in [1.807, 2.05) is 63.2 Å². The molecular formula is C33H43F2N3O6. The van der Waals surface area contributed by atoms with Crippen LogP contribution in [0.5, 0.6) is 5.75 Å². The predicted octanol–water partition coefficient (Wildman–Crippen LogP) is 3.42. The summed E-state index contributed by atoms with van der Waals surface area (Å²) in [4.78, 5) is 13.4. The topological polar surface area (TPSA) is 135 Å². The molecule has 2 heterocycles. The fourth-order valence-electron chi connectivity index (χ4n) is 5.71. The molecule has 2 aromatic carbocycles. The summed E-state index contributed by atoms with van der Waals surface area (Å²) in [5.41, 5.74) is 3.50. The number of aliphatic hydroxyl groups is 3. The normalized spacial score (nSPS) is 26.8. The van der Waals surface area contributed by atoms with Crippen LogP contribution in [0.1, 0.15) is 68.4 Å². The number of likely N-dealkylation sites (tertiary alicyclic amines) is 1. The second-order valence-electron chi connectivity index (χ2n) is 12.7. The van der Waals surface area contributed by atoms with Gasteiger partial charge in [0.15, 0.2) is 0 Å². The van der Waals surface area contributed by atoms with Gasteiger partial charge in [-0.2, -0.15) is 5.26 Å². The molecule has 2 aliphatic heterocycles. The maximum Gasteiger partial charge on any atom is 0.268 e. The molecule has 9 nitrogen and oxygen atoms in total. The first-order valence-corrected chi connectivity index (χ1v) is 15.0. The number of aliphatic hydroxyl groups excluding tert-OH is 3. The number of ether oxygens (including phenoxy) is 2. The average Bonchev–Trinajstić information content (AvgIpc) is 3.31. The van der Waals surface area contributed by atoms with Gasteiger partial charge in [-0.25, -0.2) is 8.78 Å². The third kappa shape index (κ3) is 8.31. The largest absolute Gasteiger partial charge is 0.494 e. The number of nitriles is 1. The van der Waals surface area contributed by atoms with Crippen LogP contribution in [0, 0.1) is 18.3 Å². The number of carbonyl (C=O) groups is 1. The molecule has 11 heteroatoms. The van der Waals surface area contributed by atoms with Crippen molar-refractivity contribution in [2.75, 3.05) is 19.7 Å². The highest BCUT2D eigenvalue weighted by Gasteiger charge is 2.47. The summed E-state index contributed by atoms with van der Waals surface area (Å²) in [5, 5.41) is 43.0. The second-order valence-corrected chi connectivity index (χ2v) is 12.7. The number of amides is 1. The molecule has 2 saturated heterocycles. The number of carbonyl (C=O) groups excluding carboxylic acids is 1. The van der Waals surface area contributed by atoms with Crippen molar-refractivity contribution >= 4 is 5.91 Å². The quantitative estimate of drug-likeness (QED) is 0.283. The van der Waals surface area contributed by atoms with Crippen LogP contribution >= 0.6 is 0 Å². The number of alkyl halides is 2. The van der Waals surface area contributed by atoms with Crippen LogP contribution in [-0.4, -0.2) is 87.7 Å². The first kappa shape index (κ1) is 33.7. The van der Waals surface area contributed by atoms with Crippen LogP contribution in [0.3, 0.4) is 0 Å². The van der Waals surface area contributed by atoms with Gasteiger partial charge in [0, 0.05) is 12.0 Å². The van der Waals surface area contributed by atoms with Crippen molar-refractivity contribution in [1.82, 2.24) is 10.2 Å². The minimum absolute atomic E-state index is 0.121. The molecule has 4 rings (SSSR count). The maximum absolute atomic E-state index is 13.7. The molecule has 0 spiro atoms. The van der Waals surface area contributed by atoms with Crippen LogP contribution < -0.4 is 10.1 Å².